The summed E-state index contributed by atoms with van der Waals surface area (Å²) in [5.74, 6) is 1.17. The molecule has 0 spiro atoms. The average Bonchev–Trinajstić information content (AvgIpc) is 3.63. The van der Waals surface area contributed by atoms with E-state index >= 15 is 0 Å². The number of benzene rings is 1. The van der Waals surface area contributed by atoms with Gasteiger partial charge in [-0.1, -0.05) is 25.1 Å². The summed E-state index contributed by atoms with van der Waals surface area (Å²) in [4.78, 5) is 32.2. The molecule has 162 valence electrons. The predicted molar refractivity (Wildman–Crippen MR) is 123 cm³/mol. The zero-order valence-electron chi connectivity index (χ0n) is 18.3. The Balaban J connectivity index is 1.50. The van der Waals surface area contributed by atoms with Gasteiger partial charge in [0.15, 0.2) is 0 Å². The fourth-order valence-corrected chi connectivity index (χ4v) is 4.89. The maximum Gasteiger partial charge on any atom is 0.260 e. The number of nitrogens with zero attached hydrogens (tertiary/aromatic N) is 2. The molecule has 1 aromatic heterocycles. The monoisotopic (exact) mass is 417 g/mol. The Morgan fingerprint density at radius 1 is 1.29 bits per heavy atom. The number of Topliss-reactive ketones (excluding diaryl/α,β-unsaturated/α-hetero) is 1. The van der Waals surface area contributed by atoms with Gasteiger partial charge in [-0.25, -0.2) is 0 Å². The number of fused-ring (bicyclic) bond motifs is 1. The summed E-state index contributed by atoms with van der Waals surface area (Å²) >= 11 is 0. The van der Waals surface area contributed by atoms with Crippen LogP contribution in [0.4, 0.5) is 5.69 Å². The summed E-state index contributed by atoms with van der Waals surface area (Å²) in [5.41, 5.74) is 4.02. The van der Waals surface area contributed by atoms with Gasteiger partial charge < -0.3 is 10.3 Å². The predicted octanol–water partition coefficient (Wildman–Crippen LogP) is 5.00. The smallest absolute Gasteiger partial charge is 0.260 e. The van der Waals surface area contributed by atoms with Crippen LogP contribution >= 0.6 is 0 Å². The van der Waals surface area contributed by atoms with Gasteiger partial charge in [-0.2, -0.15) is 0 Å². The van der Waals surface area contributed by atoms with E-state index in [2.05, 4.69) is 11.9 Å². The Hall–Kier alpha value is -2.82. The van der Waals surface area contributed by atoms with Gasteiger partial charge in [-0.3, -0.25) is 14.6 Å². The zero-order valence-corrected chi connectivity index (χ0v) is 18.3. The van der Waals surface area contributed by atoms with Crippen LogP contribution in [0.15, 0.2) is 36.5 Å². The minimum Gasteiger partial charge on any atom is -0.308 e. The van der Waals surface area contributed by atoms with Gasteiger partial charge in [-0.05, 0) is 68.6 Å². The standard InChI is InChI=1S/C26H31N3O2/c1-2-20(18-13-14-18)25(30)12-6-11-24-22(16-27)21-10-7-15-29(19-8-4-3-5-9-19)26(31)23(21)17-28-24/h3-5,8-9,16-18,20,27H,2,6-7,10-15H2,1H3. The second-order valence-corrected chi connectivity index (χ2v) is 8.72. The highest BCUT2D eigenvalue weighted by Gasteiger charge is 2.34. The number of rotatable bonds is 9. The molecule has 1 atom stereocenters. The Morgan fingerprint density at radius 3 is 2.74 bits per heavy atom. The van der Waals surface area contributed by atoms with Gasteiger partial charge in [-0.15, -0.1) is 0 Å². The van der Waals surface area contributed by atoms with Crippen LogP contribution in [0.5, 0.6) is 0 Å². The molecule has 0 bridgehead atoms. The Bertz CT molecular complexity index is 966. The van der Waals surface area contributed by atoms with E-state index in [1.807, 2.05) is 35.2 Å². The van der Waals surface area contributed by atoms with E-state index in [1.54, 1.807) is 6.20 Å². The highest BCUT2D eigenvalue weighted by molar-refractivity contribution is 6.08. The van der Waals surface area contributed by atoms with Gasteiger partial charge in [0.2, 0.25) is 0 Å². The average molecular weight is 418 g/mol. The summed E-state index contributed by atoms with van der Waals surface area (Å²) in [6, 6.07) is 9.71. The van der Waals surface area contributed by atoms with Crippen molar-refractivity contribution in [1.29, 1.82) is 5.41 Å². The maximum absolute atomic E-state index is 13.3. The zero-order chi connectivity index (χ0) is 21.8. The first kappa shape index (κ1) is 21.4. The van der Waals surface area contributed by atoms with Crippen LogP contribution in [-0.2, 0) is 17.6 Å². The molecule has 31 heavy (non-hydrogen) atoms. The summed E-state index contributed by atoms with van der Waals surface area (Å²) in [5, 5.41) is 8.00. The molecule has 1 unspecified atom stereocenters. The normalized spacial score (nSPS) is 17.1. The first-order chi connectivity index (χ1) is 15.1. The molecule has 2 aromatic rings. The van der Waals surface area contributed by atoms with Crippen LogP contribution in [-0.4, -0.2) is 29.4 Å². The van der Waals surface area contributed by atoms with E-state index in [0.717, 1.165) is 48.2 Å². The van der Waals surface area contributed by atoms with E-state index < -0.39 is 0 Å². The number of aromatic nitrogens is 1. The third-order valence-electron chi connectivity index (χ3n) is 6.69. The van der Waals surface area contributed by atoms with E-state index in [0.29, 0.717) is 36.7 Å². The molecule has 1 fully saturated rings. The molecule has 5 heteroatoms. The summed E-state index contributed by atoms with van der Waals surface area (Å²) in [6.07, 6.45) is 9.94. The number of pyridine rings is 1. The molecular weight excluding hydrogens is 386 g/mol. The molecule has 1 aliphatic heterocycles. The first-order valence-electron chi connectivity index (χ1n) is 11.5. The molecule has 1 amide bonds. The third-order valence-corrected chi connectivity index (χ3v) is 6.69. The minimum atomic E-state index is -0.0498. The fourth-order valence-electron chi connectivity index (χ4n) is 4.89. The van der Waals surface area contributed by atoms with Crippen LogP contribution < -0.4 is 4.90 Å². The quantitative estimate of drug-likeness (QED) is 0.584. The Labute approximate surface area is 184 Å². The van der Waals surface area contributed by atoms with Gasteiger partial charge in [0.25, 0.3) is 5.91 Å². The van der Waals surface area contributed by atoms with Crippen molar-refractivity contribution < 1.29 is 9.59 Å². The van der Waals surface area contributed by atoms with Gasteiger partial charge in [0.05, 0.1) is 5.56 Å². The van der Waals surface area contributed by atoms with Crippen LogP contribution in [0.2, 0.25) is 0 Å². The fraction of sp³-hybridized carbons (Fsp3) is 0.462. The van der Waals surface area contributed by atoms with E-state index in [1.165, 1.54) is 19.1 Å². The Morgan fingerprint density at radius 2 is 2.06 bits per heavy atom. The minimum absolute atomic E-state index is 0.0498. The second-order valence-electron chi connectivity index (χ2n) is 8.72. The number of ketones is 1. The Kier molecular flexibility index (Phi) is 6.59. The lowest BCUT2D eigenvalue weighted by Crippen LogP contribution is -2.31. The van der Waals surface area contributed by atoms with Crippen molar-refractivity contribution in [2.75, 3.05) is 11.4 Å². The molecule has 5 nitrogen and oxygen atoms in total. The molecular formula is C26H31N3O2. The van der Waals surface area contributed by atoms with Crippen LogP contribution in [0, 0.1) is 17.2 Å². The molecule has 2 aliphatic rings. The van der Waals surface area contributed by atoms with E-state index in [4.69, 9.17) is 5.41 Å². The molecule has 1 saturated carbocycles. The van der Waals surface area contributed by atoms with Crippen molar-refractivity contribution in [2.24, 2.45) is 11.8 Å². The number of aryl methyl sites for hydroxylation is 1. The second kappa shape index (κ2) is 9.54. The van der Waals surface area contributed by atoms with Crippen LogP contribution in [0.25, 0.3) is 0 Å². The molecule has 4 rings (SSSR count). The van der Waals surface area contributed by atoms with Crippen molar-refractivity contribution in [3.63, 3.8) is 0 Å². The van der Waals surface area contributed by atoms with E-state index in [-0.39, 0.29) is 11.8 Å². The maximum atomic E-state index is 13.3. The lowest BCUT2D eigenvalue weighted by atomic mass is 9.91. The van der Waals surface area contributed by atoms with Crippen molar-refractivity contribution in [3.05, 3.63) is 58.9 Å². The largest absolute Gasteiger partial charge is 0.308 e. The molecule has 0 saturated heterocycles. The summed E-state index contributed by atoms with van der Waals surface area (Å²) in [7, 11) is 0. The summed E-state index contributed by atoms with van der Waals surface area (Å²) < 4.78 is 0. The van der Waals surface area contributed by atoms with Crippen molar-refractivity contribution in [2.45, 2.75) is 58.3 Å². The number of hydrogen-bond acceptors (Lipinski definition) is 4. The number of para-hydroxylation sites is 1. The molecule has 1 aliphatic carbocycles. The highest BCUT2D eigenvalue weighted by Crippen LogP contribution is 2.39. The SMILES string of the molecule is CCC(C(=O)CCCc1ncc2c(c1C=N)CCCN(c1ccccc1)C2=O)C1CC1. The number of amides is 1. The summed E-state index contributed by atoms with van der Waals surface area (Å²) in [6.45, 7) is 2.76. The van der Waals surface area contributed by atoms with Crippen molar-refractivity contribution in [1.82, 2.24) is 4.98 Å². The molecule has 1 N–H and O–H groups in total. The van der Waals surface area contributed by atoms with Gasteiger partial charge in [0.1, 0.15) is 5.78 Å². The highest BCUT2D eigenvalue weighted by atomic mass is 16.2. The molecule has 2 heterocycles. The molecule has 1 aromatic carbocycles. The van der Waals surface area contributed by atoms with Crippen molar-refractivity contribution >= 4 is 23.6 Å². The van der Waals surface area contributed by atoms with Crippen LogP contribution in [0.1, 0.15) is 72.6 Å². The number of nitrogens with one attached hydrogen (secondary N) is 1. The van der Waals surface area contributed by atoms with Gasteiger partial charge >= 0.3 is 0 Å². The third kappa shape index (κ3) is 4.60. The van der Waals surface area contributed by atoms with Crippen molar-refractivity contribution in [3.8, 4) is 0 Å². The van der Waals surface area contributed by atoms with Crippen LogP contribution in [0.3, 0.4) is 0 Å². The number of hydrogen-bond donors (Lipinski definition) is 1. The number of carbonyl (C=O) groups excluding carboxylic acids is 2. The topological polar surface area (TPSA) is 74.1 Å². The number of anilines is 1. The van der Waals surface area contributed by atoms with Gasteiger partial charge in [0, 0.05) is 48.2 Å². The first-order valence-corrected chi connectivity index (χ1v) is 11.5. The van der Waals surface area contributed by atoms with E-state index in [9.17, 15) is 9.59 Å². The lowest BCUT2D eigenvalue weighted by Gasteiger charge is -2.21. The number of carbonyl (C=O) groups is 2. The molecule has 0 radical (unpaired) electrons. The lowest BCUT2D eigenvalue weighted by molar-refractivity contribution is -0.123.